The second-order valence-corrected chi connectivity index (χ2v) is 6.00. The van der Waals surface area contributed by atoms with Gasteiger partial charge in [-0.1, -0.05) is 30.3 Å². The van der Waals surface area contributed by atoms with E-state index in [9.17, 15) is 18.4 Å². The molecule has 1 unspecified atom stereocenters. The number of carbonyl (C=O) groups excluding carboxylic acids is 2. The minimum atomic E-state index is -0.959. The fourth-order valence-electron chi connectivity index (χ4n) is 3.47. The van der Waals surface area contributed by atoms with Crippen LogP contribution in [-0.2, 0) is 9.59 Å². The Labute approximate surface area is 138 Å². The molecular weight excluding hydrogens is 310 g/mol. The van der Waals surface area contributed by atoms with Gasteiger partial charge in [-0.15, -0.1) is 0 Å². The first-order valence-corrected chi connectivity index (χ1v) is 7.67. The normalized spacial score (nSPS) is 16.0. The Balaban J connectivity index is 2.25. The van der Waals surface area contributed by atoms with Crippen molar-refractivity contribution in [1.29, 1.82) is 0 Å². The minimum absolute atomic E-state index is 0.175. The first-order valence-electron chi connectivity index (χ1n) is 7.67. The Kier molecular flexibility index (Phi) is 4.14. The Bertz CT molecular complexity index is 833. The van der Waals surface area contributed by atoms with Crippen molar-refractivity contribution in [2.24, 2.45) is 5.92 Å². The molecule has 1 aliphatic rings. The van der Waals surface area contributed by atoms with E-state index in [2.05, 4.69) is 0 Å². The number of halogens is 2. The van der Waals surface area contributed by atoms with Gasteiger partial charge in [0.25, 0.3) is 0 Å². The molecule has 4 heteroatoms. The molecule has 0 saturated heterocycles. The topological polar surface area (TPSA) is 34.1 Å². The van der Waals surface area contributed by atoms with Crippen LogP contribution in [0.4, 0.5) is 8.78 Å². The number of Topliss-reactive ketones (excluding diaryl/α,β-unsaturated/α-hetero) is 2. The van der Waals surface area contributed by atoms with E-state index in [4.69, 9.17) is 0 Å². The van der Waals surface area contributed by atoms with Gasteiger partial charge in [0.2, 0.25) is 0 Å². The summed E-state index contributed by atoms with van der Waals surface area (Å²) in [5.74, 6) is -3.67. The molecule has 0 aliphatic heterocycles. The molecule has 0 bridgehead atoms. The molecule has 122 valence electrons. The summed E-state index contributed by atoms with van der Waals surface area (Å²) in [5.41, 5.74) is 1.67. The summed E-state index contributed by atoms with van der Waals surface area (Å²) in [6.07, 6.45) is 1.67. The summed E-state index contributed by atoms with van der Waals surface area (Å²) in [4.78, 5) is 24.2. The molecule has 2 aromatic rings. The molecule has 0 N–H and O–H groups in total. The van der Waals surface area contributed by atoms with Crippen molar-refractivity contribution < 1.29 is 18.4 Å². The van der Waals surface area contributed by atoms with Crippen LogP contribution < -0.4 is 0 Å². The van der Waals surface area contributed by atoms with Crippen LogP contribution >= 0.6 is 0 Å². The number of benzene rings is 2. The zero-order valence-corrected chi connectivity index (χ0v) is 13.3. The van der Waals surface area contributed by atoms with Gasteiger partial charge < -0.3 is 0 Å². The van der Waals surface area contributed by atoms with E-state index < -0.39 is 23.5 Å². The summed E-state index contributed by atoms with van der Waals surface area (Å²) < 4.78 is 28.6. The van der Waals surface area contributed by atoms with Crippen molar-refractivity contribution in [3.63, 3.8) is 0 Å². The second-order valence-electron chi connectivity index (χ2n) is 6.00. The summed E-state index contributed by atoms with van der Waals surface area (Å²) in [6, 6.07) is 10.8. The minimum Gasteiger partial charge on any atom is -0.299 e. The van der Waals surface area contributed by atoms with E-state index in [1.165, 1.54) is 32.0 Å². The maximum Gasteiger partial charge on any atom is 0.141 e. The Morgan fingerprint density at radius 1 is 0.917 bits per heavy atom. The smallest absolute Gasteiger partial charge is 0.141 e. The Morgan fingerprint density at radius 2 is 1.50 bits per heavy atom. The van der Waals surface area contributed by atoms with Crippen LogP contribution in [0.25, 0.3) is 11.6 Å². The number of allylic oxidation sites excluding steroid dienone is 1. The van der Waals surface area contributed by atoms with E-state index in [-0.39, 0.29) is 17.1 Å². The monoisotopic (exact) mass is 326 g/mol. The lowest BCUT2D eigenvalue weighted by Crippen LogP contribution is -2.27. The molecule has 1 atom stereocenters. The lowest BCUT2D eigenvalue weighted by atomic mass is 9.77. The largest absolute Gasteiger partial charge is 0.299 e. The van der Waals surface area contributed by atoms with Crippen molar-refractivity contribution in [2.45, 2.75) is 19.8 Å². The summed E-state index contributed by atoms with van der Waals surface area (Å²) >= 11 is 0. The highest BCUT2D eigenvalue weighted by Gasteiger charge is 2.39. The van der Waals surface area contributed by atoms with E-state index in [1.807, 2.05) is 12.1 Å². The van der Waals surface area contributed by atoms with Crippen LogP contribution in [0.3, 0.4) is 0 Å². The quantitative estimate of drug-likeness (QED) is 0.781. The fourth-order valence-corrected chi connectivity index (χ4v) is 3.47. The van der Waals surface area contributed by atoms with E-state index in [0.717, 1.165) is 11.1 Å². The number of hydrogen-bond acceptors (Lipinski definition) is 2. The highest BCUT2D eigenvalue weighted by molar-refractivity contribution is 6.06. The highest BCUT2D eigenvalue weighted by atomic mass is 19.1. The maximum atomic E-state index is 14.3. The summed E-state index contributed by atoms with van der Waals surface area (Å²) in [5, 5.41) is 0. The van der Waals surface area contributed by atoms with Gasteiger partial charge in [0.15, 0.2) is 0 Å². The first-order chi connectivity index (χ1) is 11.4. The van der Waals surface area contributed by atoms with Gasteiger partial charge in [0.1, 0.15) is 23.2 Å². The average Bonchev–Trinajstić information content (AvgIpc) is 2.86. The molecule has 0 spiro atoms. The lowest BCUT2D eigenvalue weighted by molar-refractivity contribution is -0.130. The fraction of sp³-hybridized carbons (Fsp3) is 0.200. The molecule has 0 heterocycles. The number of ketones is 2. The van der Waals surface area contributed by atoms with Crippen LogP contribution in [-0.4, -0.2) is 11.6 Å². The van der Waals surface area contributed by atoms with Crippen LogP contribution in [0.5, 0.6) is 0 Å². The number of hydrogen-bond donors (Lipinski definition) is 0. The van der Waals surface area contributed by atoms with Gasteiger partial charge in [-0.05, 0) is 48.8 Å². The van der Waals surface area contributed by atoms with Crippen LogP contribution in [0.1, 0.15) is 36.5 Å². The number of rotatable bonds is 4. The lowest BCUT2D eigenvalue weighted by Gasteiger charge is -2.24. The van der Waals surface area contributed by atoms with Gasteiger partial charge in [-0.25, -0.2) is 8.78 Å². The van der Waals surface area contributed by atoms with Crippen molar-refractivity contribution in [3.8, 4) is 0 Å². The summed E-state index contributed by atoms with van der Waals surface area (Å²) in [6.45, 7) is 2.67. The SMILES string of the molecule is CC(=O)C(C(C)=O)C1C(c2c(F)cccc2F)=Cc2ccccc21. The molecule has 0 aromatic heterocycles. The van der Waals surface area contributed by atoms with Crippen molar-refractivity contribution in [2.75, 3.05) is 0 Å². The molecule has 1 aliphatic carbocycles. The molecule has 2 nitrogen and oxygen atoms in total. The molecule has 0 saturated carbocycles. The second kappa shape index (κ2) is 6.11. The molecule has 0 radical (unpaired) electrons. The predicted molar refractivity (Wildman–Crippen MR) is 88.3 cm³/mol. The molecule has 0 fully saturated rings. The number of carbonyl (C=O) groups is 2. The van der Waals surface area contributed by atoms with Crippen LogP contribution in [0.15, 0.2) is 42.5 Å². The van der Waals surface area contributed by atoms with Crippen molar-refractivity contribution in [1.82, 2.24) is 0 Å². The molecule has 0 amide bonds. The van der Waals surface area contributed by atoms with Gasteiger partial charge in [0.05, 0.1) is 5.92 Å². The standard InChI is InChI=1S/C20H16F2O2/c1-11(23)18(12(2)24)19-14-7-4-3-6-13(14)10-15(19)20-16(21)8-5-9-17(20)22/h3-10,18-19H,1-2H3. The van der Waals surface area contributed by atoms with Gasteiger partial charge in [0, 0.05) is 11.5 Å². The van der Waals surface area contributed by atoms with Crippen LogP contribution in [0, 0.1) is 17.6 Å². The van der Waals surface area contributed by atoms with E-state index in [1.54, 1.807) is 18.2 Å². The Morgan fingerprint density at radius 3 is 2.08 bits per heavy atom. The molecule has 2 aromatic carbocycles. The highest BCUT2D eigenvalue weighted by Crippen LogP contribution is 2.47. The molecule has 3 rings (SSSR count). The third kappa shape index (κ3) is 2.58. The predicted octanol–water partition coefficient (Wildman–Crippen LogP) is 4.40. The first kappa shape index (κ1) is 16.2. The van der Waals surface area contributed by atoms with Crippen molar-refractivity contribution >= 4 is 23.2 Å². The molecule has 24 heavy (non-hydrogen) atoms. The van der Waals surface area contributed by atoms with E-state index >= 15 is 0 Å². The summed E-state index contributed by atoms with van der Waals surface area (Å²) in [7, 11) is 0. The van der Waals surface area contributed by atoms with Gasteiger partial charge >= 0.3 is 0 Å². The van der Waals surface area contributed by atoms with Gasteiger partial charge in [-0.3, -0.25) is 9.59 Å². The van der Waals surface area contributed by atoms with E-state index in [0.29, 0.717) is 5.57 Å². The third-order valence-electron chi connectivity index (χ3n) is 4.44. The molecular formula is C20H16F2O2. The Hall–Kier alpha value is -2.62. The zero-order chi connectivity index (χ0) is 17.4. The maximum absolute atomic E-state index is 14.3. The number of fused-ring (bicyclic) bond motifs is 1. The van der Waals surface area contributed by atoms with Crippen molar-refractivity contribution in [3.05, 3.63) is 70.8 Å². The third-order valence-corrected chi connectivity index (χ3v) is 4.44. The average molecular weight is 326 g/mol. The zero-order valence-electron chi connectivity index (χ0n) is 13.3. The van der Waals surface area contributed by atoms with Crippen LogP contribution in [0.2, 0.25) is 0 Å². The van der Waals surface area contributed by atoms with Gasteiger partial charge in [-0.2, -0.15) is 0 Å².